The number of aliphatic hydroxyl groups excluding tert-OH is 1. The molecule has 1 rings (SSSR count). The van der Waals surface area contributed by atoms with Crippen molar-refractivity contribution in [3.8, 4) is 0 Å². The number of aliphatic hydroxyl groups is 2. The van der Waals surface area contributed by atoms with Gasteiger partial charge in [0.25, 0.3) is 9.76 Å². The Balaban J connectivity index is 2.83. The van der Waals surface area contributed by atoms with Crippen LogP contribution in [0.3, 0.4) is 0 Å². The van der Waals surface area contributed by atoms with Crippen molar-refractivity contribution in [3.63, 3.8) is 0 Å². The van der Waals surface area contributed by atoms with E-state index in [1.807, 2.05) is 0 Å². The Labute approximate surface area is 66.9 Å². The Morgan fingerprint density at radius 2 is 1.64 bits per heavy atom. The van der Waals surface area contributed by atoms with Gasteiger partial charge in [0.1, 0.15) is 0 Å². The lowest BCUT2D eigenvalue weighted by molar-refractivity contribution is -0.0424. The van der Waals surface area contributed by atoms with Crippen LogP contribution in [0.15, 0.2) is 24.3 Å². The van der Waals surface area contributed by atoms with Gasteiger partial charge in [-0.25, -0.2) is 0 Å². The average molecular weight is 168 g/mol. The van der Waals surface area contributed by atoms with E-state index in [-0.39, 0.29) is 9.76 Å². The second kappa shape index (κ2) is 3.63. The molecule has 0 bridgehead atoms. The van der Waals surface area contributed by atoms with Crippen molar-refractivity contribution in [2.24, 2.45) is 0 Å². The second-order valence-electron chi connectivity index (χ2n) is 2.11. The maximum Gasteiger partial charge on any atom is 0.265 e. The number of hydrogen-bond donors (Lipinski definition) is 3. The van der Waals surface area contributed by atoms with Crippen LogP contribution in [-0.2, 0) is 0 Å². The van der Waals surface area contributed by atoms with Crippen LogP contribution in [-0.4, -0.2) is 24.8 Å². The van der Waals surface area contributed by atoms with E-state index in [1.54, 1.807) is 24.3 Å². The van der Waals surface area contributed by atoms with Crippen molar-refractivity contribution in [2.75, 3.05) is 0 Å². The summed E-state index contributed by atoms with van der Waals surface area (Å²) in [5, 5.41) is 18.2. The fourth-order valence-electron chi connectivity index (χ4n) is 0.730. The van der Waals surface area contributed by atoms with E-state index in [9.17, 15) is 0 Å². The summed E-state index contributed by atoms with van der Waals surface area (Å²) < 4.78 is 0. The highest BCUT2D eigenvalue weighted by Gasteiger charge is 2.00. The third kappa shape index (κ3) is 2.13. The normalized spacial score (nSPS) is 10.5. The summed E-state index contributed by atoms with van der Waals surface area (Å²) in [5.74, 6) is 0. The summed E-state index contributed by atoms with van der Waals surface area (Å²) in [4.78, 5) is 8.67. The molecule has 0 atom stereocenters. The van der Waals surface area contributed by atoms with Crippen molar-refractivity contribution >= 4 is 14.9 Å². The Morgan fingerprint density at radius 1 is 1.09 bits per heavy atom. The topological polar surface area (TPSA) is 60.7 Å². The Morgan fingerprint density at radius 3 is 2.00 bits per heavy atom. The summed E-state index contributed by atoms with van der Waals surface area (Å²) in [6, 6.07) is 6.47. The molecule has 0 fully saturated rings. The first-order valence-corrected chi connectivity index (χ1v) is 4.05. The van der Waals surface area contributed by atoms with Gasteiger partial charge < -0.3 is 15.0 Å². The highest BCUT2D eigenvalue weighted by molar-refractivity contribution is 6.45. The maximum absolute atomic E-state index is 8.68. The Bertz CT molecular complexity index is 220. The van der Waals surface area contributed by atoms with Gasteiger partial charge in [0.15, 0.2) is 6.29 Å². The molecule has 0 aliphatic rings. The molecule has 0 aromatic heterocycles. The zero-order chi connectivity index (χ0) is 8.27. The third-order valence-electron chi connectivity index (χ3n) is 1.34. The molecule has 0 aliphatic heterocycles. The molecule has 3 N–H and O–H groups in total. The SMILES string of the molecule is O[Si]c1ccc(C(O)O)cc1. The standard InChI is InChI=1S/C7H8O3Si/c8-7(9)5-1-3-6(11-10)4-2-5/h1-4,7-10H. The highest BCUT2D eigenvalue weighted by atomic mass is 28.2. The first-order valence-electron chi connectivity index (χ1n) is 3.10. The molecule has 58 valence electrons. The quantitative estimate of drug-likeness (QED) is 0.388. The molecule has 2 radical (unpaired) electrons. The third-order valence-corrected chi connectivity index (χ3v) is 1.93. The van der Waals surface area contributed by atoms with Gasteiger partial charge in [0.05, 0.1) is 0 Å². The zero-order valence-corrected chi connectivity index (χ0v) is 6.73. The Kier molecular flexibility index (Phi) is 2.78. The molecule has 0 saturated carbocycles. The van der Waals surface area contributed by atoms with E-state index in [0.717, 1.165) is 5.19 Å². The summed E-state index contributed by atoms with van der Waals surface area (Å²) in [5.41, 5.74) is 0.437. The van der Waals surface area contributed by atoms with Crippen LogP contribution in [0.5, 0.6) is 0 Å². The lowest BCUT2D eigenvalue weighted by Crippen LogP contribution is -2.12. The fourth-order valence-corrected chi connectivity index (χ4v) is 1.05. The first-order chi connectivity index (χ1) is 5.24. The molecule has 0 saturated heterocycles. The molecule has 0 spiro atoms. The van der Waals surface area contributed by atoms with Crippen LogP contribution in [0.4, 0.5) is 0 Å². The zero-order valence-electron chi connectivity index (χ0n) is 5.73. The molecular weight excluding hydrogens is 160 g/mol. The van der Waals surface area contributed by atoms with Gasteiger partial charge in [-0.15, -0.1) is 0 Å². The van der Waals surface area contributed by atoms with Gasteiger partial charge in [0.2, 0.25) is 0 Å². The van der Waals surface area contributed by atoms with Crippen LogP contribution in [0, 0.1) is 0 Å². The first kappa shape index (κ1) is 8.41. The van der Waals surface area contributed by atoms with Crippen LogP contribution < -0.4 is 5.19 Å². The van der Waals surface area contributed by atoms with Gasteiger partial charge >= 0.3 is 0 Å². The van der Waals surface area contributed by atoms with Gasteiger partial charge in [0, 0.05) is 5.56 Å². The van der Waals surface area contributed by atoms with E-state index < -0.39 is 6.29 Å². The Hall–Kier alpha value is -0.683. The molecule has 0 amide bonds. The van der Waals surface area contributed by atoms with Gasteiger partial charge in [-0.1, -0.05) is 24.3 Å². The predicted molar refractivity (Wildman–Crippen MR) is 41.2 cm³/mol. The molecule has 0 unspecified atom stereocenters. The van der Waals surface area contributed by atoms with Crippen molar-refractivity contribution < 1.29 is 15.0 Å². The van der Waals surface area contributed by atoms with Crippen molar-refractivity contribution in [3.05, 3.63) is 29.8 Å². The fraction of sp³-hybridized carbons (Fsp3) is 0.143. The number of hydrogen-bond acceptors (Lipinski definition) is 3. The molecule has 4 heteroatoms. The maximum atomic E-state index is 8.68. The molecule has 0 aliphatic carbocycles. The minimum absolute atomic E-state index is 0.243. The molecule has 1 aromatic carbocycles. The average Bonchev–Trinajstić information content (AvgIpc) is 2.05. The van der Waals surface area contributed by atoms with Crippen molar-refractivity contribution in [1.82, 2.24) is 0 Å². The highest BCUT2D eigenvalue weighted by Crippen LogP contribution is 2.05. The minimum Gasteiger partial charge on any atom is -0.428 e. The van der Waals surface area contributed by atoms with Crippen LogP contribution >= 0.6 is 0 Å². The van der Waals surface area contributed by atoms with Crippen molar-refractivity contribution in [1.29, 1.82) is 0 Å². The largest absolute Gasteiger partial charge is 0.428 e. The number of rotatable bonds is 2. The number of benzene rings is 1. The van der Waals surface area contributed by atoms with E-state index in [4.69, 9.17) is 15.0 Å². The van der Waals surface area contributed by atoms with Crippen molar-refractivity contribution in [2.45, 2.75) is 6.29 Å². The minimum atomic E-state index is -1.42. The van der Waals surface area contributed by atoms with E-state index in [2.05, 4.69) is 0 Å². The molecular formula is C7H8O3Si. The van der Waals surface area contributed by atoms with Gasteiger partial charge in [-0.05, 0) is 5.19 Å². The summed E-state index contributed by atoms with van der Waals surface area (Å²) in [7, 11) is -0.243. The molecule has 3 nitrogen and oxygen atoms in total. The monoisotopic (exact) mass is 168 g/mol. The lowest BCUT2D eigenvalue weighted by Gasteiger charge is -2.02. The lowest BCUT2D eigenvalue weighted by atomic mass is 10.2. The summed E-state index contributed by atoms with van der Waals surface area (Å²) >= 11 is 0. The molecule has 11 heavy (non-hydrogen) atoms. The van der Waals surface area contributed by atoms with Crippen LogP contribution in [0.2, 0.25) is 0 Å². The van der Waals surface area contributed by atoms with E-state index >= 15 is 0 Å². The predicted octanol–water partition coefficient (Wildman–Crippen LogP) is -1.09. The molecule has 0 heterocycles. The van der Waals surface area contributed by atoms with E-state index in [0.29, 0.717) is 5.56 Å². The van der Waals surface area contributed by atoms with Gasteiger partial charge in [-0.2, -0.15) is 0 Å². The summed E-state index contributed by atoms with van der Waals surface area (Å²) in [6.07, 6.45) is -1.42. The van der Waals surface area contributed by atoms with Crippen LogP contribution in [0.1, 0.15) is 11.9 Å². The second-order valence-corrected chi connectivity index (χ2v) is 2.91. The van der Waals surface area contributed by atoms with Crippen LogP contribution in [0.25, 0.3) is 0 Å². The summed E-state index contributed by atoms with van der Waals surface area (Å²) in [6.45, 7) is 0. The smallest absolute Gasteiger partial charge is 0.265 e. The molecule has 1 aromatic rings. The van der Waals surface area contributed by atoms with Gasteiger partial charge in [-0.3, -0.25) is 0 Å². The van der Waals surface area contributed by atoms with E-state index in [1.165, 1.54) is 0 Å².